The van der Waals surface area contributed by atoms with Gasteiger partial charge in [0.1, 0.15) is 11.9 Å². The van der Waals surface area contributed by atoms with Crippen molar-refractivity contribution in [1.82, 2.24) is 19.9 Å². The second-order valence-electron chi connectivity index (χ2n) is 5.68. The predicted octanol–water partition coefficient (Wildman–Crippen LogP) is 0.938. The van der Waals surface area contributed by atoms with Gasteiger partial charge in [-0.05, 0) is 24.6 Å². The number of hydrogen-bond acceptors (Lipinski definition) is 8. The monoisotopic (exact) mass is 366 g/mol. The van der Waals surface area contributed by atoms with Gasteiger partial charge in [-0.3, -0.25) is 9.59 Å². The highest BCUT2D eigenvalue weighted by Gasteiger charge is 2.17. The summed E-state index contributed by atoms with van der Waals surface area (Å²) in [6, 6.07) is 4.70. The summed E-state index contributed by atoms with van der Waals surface area (Å²) >= 11 is 0. The minimum atomic E-state index is -0.741. The number of aromatic nitrogens is 4. The molecule has 1 atom stereocenters. The summed E-state index contributed by atoms with van der Waals surface area (Å²) in [6.07, 6.45) is 5.01. The number of carbonyl (C=O) groups excluding carboxylic acids is 2. The molecule has 3 aromatic heterocycles. The Balaban J connectivity index is 2.00. The molecule has 0 aromatic carbocycles. The van der Waals surface area contributed by atoms with Crippen molar-refractivity contribution in [3.8, 4) is 0 Å². The van der Waals surface area contributed by atoms with Crippen LogP contribution in [0.15, 0.2) is 36.8 Å². The van der Waals surface area contributed by atoms with Crippen molar-refractivity contribution < 1.29 is 9.59 Å². The van der Waals surface area contributed by atoms with E-state index in [0.717, 1.165) is 5.39 Å². The fourth-order valence-corrected chi connectivity index (χ4v) is 2.50. The quantitative estimate of drug-likeness (QED) is 0.480. The van der Waals surface area contributed by atoms with Crippen LogP contribution in [0.1, 0.15) is 23.8 Å². The van der Waals surface area contributed by atoms with Gasteiger partial charge >= 0.3 is 0 Å². The van der Waals surface area contributed by atoms with E-state index >= 15 is 0 Å². The molecule has 0 saturated carbocycles. The summed E-state index contributed by atoms with van der Waals surface area (Å²) < 4.78 is 0. The number of primary amides is 2. The molecule has 3 aromatic rings. The summed E-state index contributed by atoms with van der Waals surface area (Å²) in [6.45, 7) is 1.81. The molecular weight excluding hydrogens is 348 g/mol. The van der Waals surface area contributed by atoms with Crippen LogP contribution in [0.25, 0.3) is 11.0 Å². The zero-order chi connectivity index (χ0) is 19.4. The third-order valence-electron chi connectivity index (χ3n) is 3.85. The Morgan fingerprint density at radius 1 is 1.15 bits per heavy atom. The first-order valence-electron chi connectivity index (χ1n) is 8.19. The molecule has 0 spiro atoms. The van der Waals surface area contributed by atoms with Crippen LogP contribution < -0.4 is 22.1 Å². The van der Waals surface area contributed by atoms with E-state index in [4.69, 9.17) is 11.5 Å². The molecule has 0 radical (unpaired) electrons. The second-order valence-corrected chi connectivity index (χ2v) is 5.68. The van der Waals surface area contributed by atoms with Crippen LogP contribution >= 0.6 is 0 Å². The number of anilines is 3. The molecule has 3 rings (SSSR count). The van der Waals surface area contributed by atoms with Gasteiger partial charge in [0.15, 0.2) is 17.2 Å². The fourth-order valence-electron chi connectivity index (χ4n) is 2.50. The number of hydrogen-bond donors (Lipinski definition) is 4. The third-order valence-corrected chi connectivity index (χ3v) is 3.85. The lowest BCUT2D eigenvalue weighted by Crippen LogP contribution is -2.35. The summed E-state index contributed by atoms with van der Waals surface area (Å²) in [5.41, 5.74) is 11.9. The van der Waals surface area contributed by atoms with Gasteiger partial charge in [0, 0.05) is 17.8 Å². The van der Waals surface area contributed by atoms with E-state index in [9.17, 15) is 9.59 Å². The second kappa shape index (κ2) is 7.60. The molecular formula is C17H18N8O2. The summed E-state index contributed by atoms with van der Waals surface area (Å²) in [7, 11) is 0. The maximum absolute atomic E-state index is 11.7. The van der Waals surface area contributed by atoms with Crippen molar-refractivity contribution in [3.63, 3.8) is 0 Å². The molecule has 0 aliphatic carbocycles. The molecule has 0 bridgehead atoms. The highest BCUT2D eigenvalue weighted by molar-refractivity contribution is 5.98. The molecule has 10 nitrogen and oxygen atoms in total. The molecule has 1 unspecified atom stereocenters. The summed E-state index contributed by atoms with van der Waals surface area (Å²) in [4.78, 5) is 39.9. The van der Waals surface area contributed by atoms with E-state index < -0.39 is 17.9 Å². The lowest BCUT2D eigenvalue weighted by molar-refractivity contribution is -0.118. The van der Waals surface area contributed by atoms with Gasteiger partial charge in [0.25, 0.3) is 5.91 Å². The Labute approximate surface area is 154 Å². The van der Waals surface area contributed by atoms with Crippen molar-refractivity contribution in [1.29, 1.82) is 0 Å². The van der Waals surface area contributed by atoms with Gasteiger partial charge in [-0.2, -0.15) is 0 Å². The van der Waals surface area contributed by atoms with Crippen LogP contribution in [0.4, 0.5) is 17.3 Å². The topological polar surface area (TPSA) is 162 Å². The largest absolute Gasteiger partial charge is 0.368 e. The van der Waals surface area contributed by atoms with Crippen LogP contribution in [0.2, 0.25) is 0 Å². The number of nitrogens with zero attached hydrogens (tertiary/aromatic N) is 4. The van der Waals surface area contributed by atoms with E-state index in [-0.39, 0.29) is 17.3 Å². The lowest BCUT2D eigenvalue weighted by Gasteiger charge is -2.16. The maximum Gasteiger partial charge on any atom is 0.271 e. The number of amides is 2. The minimum Gasteiger partial charge on any atom is -0.368 e. The Morgan fingerprint density at radius 3 is 2.63 bits per heavy atom. The highest BCUT2D eigenvalue weighted by atomic mass is 16.1. The maximum atomic E-state index is 11.7. The first kappa shape index (κ1) is 18.0. The number of fused-ring (bicyclic) bond motifs is 1. The van der Waals surface area contributed by atoms with Crippen LogP contribution in [-0.2, 0) is 4.79 Å². The molecule has 0 fully saturated rings. The van der Waals surface area contributed by atoms with Crippen LogP contribution in [0.3, 0.4) is 0 Å². The molecule has 6 N–H and O–H groups in total. The van der Waals surface area contributed by atoms with Crippen molar-refractivity contribution >= 4 is 40.2 Å². The standard InChI is InChI=1S/C17H18N8O2/c1-2-10(14(18)26)23-12-8-22-13(15(19)27)17(25-12)24-11-5-7-21-16-9(11)4-3-6-20-16/h3-8,10H,2H2,1H3,(H2,18,26)(H2,19,27)(H2,20,21,23,24,25). The minimum absolute atomic E-state index is 0.0403. The Bertz CT molecular complexity index is 1000. The third kappa shape index (κ3) is 3.89. The predicted molar refractivity (Wildman–Crippen MR) is 100 cm³/mol. The van der Waals surface area contributed by atoms with Crippen molar-refractivity contribution in [2.75, 3.05) is 10.6 Å². The van der Waals surface area contributed by atoms with Gasteiger partial charge in [0.2, 0.25) is 5.91 Å². The lowest BCUT2D eigenvalue weighted by atomic mass is 10.2. The van der Waals surface area contributed by atoms with Crippen LogP contribution in [0.5, 0.6) is 0 Å². The zero-order valence-corrected chi connectivity index (χ0v) is 14.5. The Hall–Kier alpha value is -3.82. The normalized spacial score (nSPS) is 11.7. The number of pyridine rings is 2. The smallest absolute Gasteiger partial charge is 0.271 e. The molecule has 0 aliphatic heterocycles. The first-order chi connectivity index (χ1) is 13.0. The summed E-state index contributed by atoms with van der Waals surface area (Å²) in [5, 5.41) is 6.68. The van der Waals surface area contributed by atoms with E-state index in [1.165, 1.54) is 6.20 Å². The molecule has 2 amide bonds. The van der Waals surface area contributed by atoms with Gasteiger partial charge in [0.05, 0.1) is 11.9 Å². The molecule has 10 heteroatoms. The van der Waals surface area contributed by atoms with E-state index in [0.29, 0.717) is 17.8 Å². The van der Waals surface area contributed by atoms with Crippen molar-refractivity contribution in [2.45, 2.75) is 19.4 Å². The average molecular weight is 366 g/mol. The van der Waals surface area contributed by atoms with Crippen molar-refractivity contribution in [3.05, 3.63) is 42.5 Å². The molecule has 0 aliphatic rings. The molecule has 0 saturated heterocycles. The van der Waals surface area contributed by atoms with Crippen LogP contribution in [-0.4, -0.2) is 37.8 Å². The number of rotatable bonds is 7. The van der Waals surface area contributed by atoms with Gasteiger partial charge in [-0.1, -0.05) is 6.92 Å². The zero-order valence-electron chi connectivity index (χ0n) is 14.5. The fraction of sp³-hybridized carbons (Fsp3) is 0.176. The number of nitrogens with one attached hydrogen (secondary N) is 2. The number of carbonyl (C=O) groups is 2. The van der Waals surface area contributed by atoms with Crippen LogP contribution in [0, 0.1) is 0 Å². The highest BCUT2D eigenvalue weighted by Crippen LogP contribution is 2.25. The van der Waals surface area contributed by atoms with E-state index in [2.05, 4.69) is 30.6 Å². The first-order valence-corrected chi connectivity index (χ1v) is 8.19. The van der Waals surface area contributed by atoms with Gasteiger partial charge in [-0.25, -0.2) is 19.9 Å². The average Bonchev–Trinajstić information content (AvgIpc) is 2.66. The Morgan fingerprint density at radius 2 is 1.93 bits per heavy atom. The molecule has 27 heavy (non-hydrogen) atoms. The van der Waals surface area contributed by atoms with Crippen molar-refractivity contribution in [2.24, 2.45) is 11.5 Å². The van der Waals surface area contributed by atoms with Gasteiger partial charge in [-0.15, -0.1) is 0 Å². The van der Waals surface area contributed by atoms with E-state index in [1.54, 1.807) is 24.5 Å². The molecule has 138 valence electrons. The Kier molecular flexibility index (Phi) is 5.06. The molecule has 3 heterocycles. The van der Waals surface area contributed by atoms with E-state index in [1.807, 2.05) is 13.0 Å². The number of nitrogens with two attached hydrogens (primary N) is 2. The summed E-state index contributed by atoms with van der Waals surface area (Å²) in [5.74, 6) is -0.832. The SMILES string of the molecule is CCC(Nc1cnc(C(N)=O)c(Nc2ccnc3ncccc23)n1)C(N)=O. The van der Waals surface area contributed by atoms with Gasteiger partial charge < -0.3 is 22.1 Å².